The van der Waals surface area contributed by atoms with E-state index in [4.69, 9.17) is 9.84 Å². The van der Waals surface area contributed by atoms with E-state index in [0.717, 1.165) is 5.56 Å². The van der Waals surface area contributed by atoms with Gasteiger partial charge in [0.2, 0.25) is 0 Å². The van der Waals surface area contributed by atoms with Crippen molar-refractivity contribution >= 4 is 15.5 Å². The molecule has 0 bridgehead atoms. The highest BCUT2D eigenvalue weighted by molar-refractivity contribution is 7.15. The number of aliphatic hydroxyl groups excluding tert-OH is 1. The number of nitrogens with one attached hydrogen (secondary N) is 1. The number of hydrogen-bond acceptors (Lipinski definition) is 3. The first kappa shape index (κ1) is 9.96. The lowest BCUT2D eigenvalue weighted by Crippen LogP contribution is -2.16. The molecule has 0 radical (unpaired) electrons. The van der Waals surface area contributed by atoms with Gasteiger partial charge >= 0.3 is 6.09 Å². The van der Waals surface area contributed by atoms with Gasteiger partial charge in [-0.1, -0.05) is 12.1 Å². The molecule has 1 aromatic rings. The summed E-state index contributed by atoms with van der Waals surface area (Å²) in [6.45, 7) is -0.0178. The van der Waals surface area contributed by atoms with Gasteiger partial charge in [0.1, 0.15) is 5.75 Å². The highest BCUT2D eigenvalue weighted by Gasteiger charge is 2.00. The Labute approximate surface area is 78.2 Å². The summed E-state index contributed by atoms with van der Waals surface area (Å²) in [5, 5.41) is 11.0. The van der Waals surface area contributed by atoms with Gasteiger partial charge in [0.25, 0.3) is 0 Å². The van der Waals surface area contributed by atoms with Crippen LogP contribution in [0, 0.1) is 0 Å². The van der Waals surface area contributed by atoms with Crippen molar-refractivity contribution in [1.82, 2.24) is 5.09 Å². The molecule has 1 aromatic carbocycles. The first-order valence-electron chi connectivity index (χ1n) is 3.64. The molecule has 1 atom stereocenters. The standard InChI is InChI=1S/C8H10NO3P/c10-5-6-1-3-7(4-2-6)12-8(11)9-13/h1-4,10H,5,13H2,(H,9,11). The number of benzene rings is 1. The van der Waals surface area contributed by atoms with Crippen LogP contribution in [0.25, 0.3) is 0 Å². The van der Waals surface area contributed by atoms with Crippen LogP contribution in [-0.2, 0) is 6.61 Å². The van der Waals surface area contributed by atoms with E-state index >= 15 is 0 Å². The van der Waals surface area contributed by atoms with Crippen LogP contribution < -0.4 is 9.82 Å². The number of carbonyl (C=O) groups is 1. The van der Waals surface area contributed by atoms with Gasteiger partial charge in [-0.2, -0.15) is 0 Å². The minimum Gasteiger partial charge on any atom is -0.410 e. The quantitative estimate of drug-likeness (QED) is 0.700. The van der Waals surface area contributed by atoms with Gasteiger partial charge in [0, 0.05) is 0 Å². The first-order valence-corrected chi connectivity index (χ1v) is 4.22. The van der Waals surface area contributed by atoms with Crippen molar-refractivity contribution in [2.75, 3.05) is 0 Å². The average Bonchev–Trinajstić information content (AvgIpc) is 2.19. The molecule has 0 heterocycles. The van der Waals surface area contributed by atoms with Crippen LogP contribution in [0.3, 0.4) is 0 Å². The third-order valence-electron chi connectivity index (χ3n) is 1.43. The molecular weight excluding hydrogens is 189 g/mol. The van der Waals surface area contributed by atoms with Crippen LogP contribution in [0.15, 0.2) is 24.3 Å². The number of aliphatic hydroxyl groups is 1. The average molecular weight is 199 g/mol. The third kappa shape index (κ3) is 3.01. The molecule has 0 saturated heterocycles. The molecule has 0 spiro atoms. The summed E-state index contributed by atoms with van der Waals surface area (Å²) in [5.41, 5.74) is 0.777. The van der Waals surface area contributed by atoms with Gasteiger partial charge in [0.15, 0.2) is 0 Å². The van der Waals surface area contributed by atoms with Crippen LogP contribution in [0.2, 0.25) is 0 Å². The third-order valence-corrected chi connectivity index (χ3v) is 1.67. The number of rotatable bonds is 2. The molecule has 2 N–H and O–H groups in total. The minimum atomic E-state index is -0.540. The smallest absolute Gasteiger partial charge is 0.410 e. The first-order chi connectivity index (χ1) is 6.26. The second-order valence-corrected chi connectivity index (χ2v) is 2.62. The maximum atomic E-state index is 10.7. The van der Waals surface area contributed by atoms with E-state index in [0.29, 0.717) is 5.75 Å². The Kier molecular flexibility index (Phi) is 3.68. The molecule has 1 amide bonds. The van der Waals surface area contributed by atoms with Crippen LogP contribution in [0.5, 0.6) is 5.75 Å². The highest BCUT2D eigenvalue weighted by atomic mass is 31.0. The van der Waals surface area contributed by atoms with E-state index in [2.05, 4.69) is 5.09 Å². The summed E-state index contributed by atoms with van der Waals surface area (Å²) < 4.78 is 4.81. The number of ether oxygens (including phenoxy) is 1. The fourth-order valence-corrected chi connectivity index (χ4v) is 0.858. The molecule has 70 valence electrons. The molecule has 0 aliphatic carbocycles. The predicted molar refractivity (Wildman–Crippen MR) is 51.2 cm³/mol. The van der Waals surface area contributed by atoms with Gasteiger partial charge in [0.05, 0.1) is 6.61 Å². The SMILES string of the molecule is O=C(NP)Oc1ccc(CO)cc1. The molecule has 1 unspecified atom stereocenters. The Balaban J connectivity index is 2.64. The Morgan fingerprint density at radius 3 is 2.54 bits per heavy atom. The number of carbonyl (C=O) groups excluding carboxylic acids is 1. The molecule has 0 aliphatic rings. The normalized spacial score (nSPS) is 9.38. The fraction of sp³-hybridized carbons (Fsp3) is 0.125. The second-order valence-electron chi connectivity index (χ2n) is 2.34. The van der Waals surface area contributed by atoms with Crippen molar-refractivity contribution in [1.29, 1.82) is 0 Å². The van der Waals surface area contributed by atoms with Gasteiger partial charge in [-0.05, 0) is 27.1 Å². The Hall–Kier alpha value is -1.12. The molecule has 0 saturated carbocycles. The van der Waals surface area contributed by atoms with Crippen molar-refractivity contribution in [2.45, 2.75) is 6.61 Å². The predicted octanol–water partition coefficient (Wildman–Crippen LogP) is 1.06. The molecular formula is C8H10NO3P. The lowest BCUT2D eigenvalue weighted by atomic mass is 10.2. The topological polar surface area (TPSA) is 58.6 Å². The van der Waals surface area contributed by atoms with Crippen LogP contribution in [0.1, 0.15) is 5.56 Å². The van der Waals surface area contributed by atoms with Crippen LogP contribution >= 0.6 is 9.39 Å². The zero-order valence-corrected chi connectivity index (χ0v) is 8.01. The zero-order valence-electron chi connectivity index (χ0n) is 6.86. The summed E-state index contributed by atoms with van der Waals surface area (Å²) >= 11 is 0. The Bertz CT molecular complexity index is 286. The van der Waals surface area contributed by atoms with Gasteiger partial charge in [-0.3, -0.25) is 0 Å². The number of amides is 1. The van der Waals surface area contributed by atoms with E-state index in [9.17, 15) is 4.79 Å². The molecule has 13 heavy (non-hydrogen) atoms. The summed E-state index contributed by atoms with van der Waals surface area (Å²) in [7, 11) is 2.04. The largest absolute Gasteiger partial charge is 0.415 e. The zero-order chi connectivity index (χ0) is 9.68. The second kappa shape index (κ2) is 4.80. The molecule has 1 rings (SSSR count). The molecule has 0 aliphatic heterocycles. The van der Waals surface area contributed by atoms with Crippen molar-refractivity contribution in [3.05, 3.63) is 29.8 Å². The van der Waals surface area contributed by atoms with Crippen LogP contribution in [0.4, 0.5) is 4.79 Å². The maximum Gasteiger partial charge on any atom is 0.415 e. The van der Waals surface area contributed by atoms with Gasteiger partial charge < -0.3 is 14.9 Å². The van der Waals surface area contributed by atoms with E-state index in [1.165, 1.54) is 0 Å². The molecule has 4 nitrogen and oxygen atoms in total. The maximum absolute atomic E-state index is 10.7. The Morgan fingerprint density at radius 2 is 2.08 bits per heavy atom. The monoisotopic (exact) mass is 199 g/mol. The summed E-state index contributed by atoms with van der Waals surface area (Å²) in [6.07, 6.45) is -0.540. The van der Waals surface area contributed by atoms with Crippen molar-refractivity contribution in [3.8, 4) is 5.75 Å². The van der Waals surface area contributed by atoms with Gasteiger partial charge in [-0.25, -0.2) is 4.79 Å². The summed E-state index contributed by atoms with van der Waals surface area (Å²) in [4.78, 5) is 10.7. The van der Waals surface area contributed by atoms with E-state index in [-0.39, 0.29) is 6.61 Å². The summed E-state index contributed by atoms with van der Waals surface area (Å²) in [6, 6.07) is 6.60. The van der Waals surface area contributed by atoms with Crippen molar-refractivity contribution in [3.63, 3.8) is 0 Å². The highest BCUT2D eigenvalue weighted by Crippen LogP contribution is 2.12. The number of hydrogen-bond donors (Lipinski definition) is 2. The molecule has 0 fully saturated rings. The van der Waals surface area contributed by atoms with E-state index < -0.39 is 6.09 Å². The fourth-order valence-electron chi connectivity index (χ4n) is 0.799. The van der Waals surface area contributed by atoms with E-state index in [1.54, 1.807) is 24.3 Å². The van der Waals surface area contributed by atoms with Crippen molar-refractivity contribution < 1.29 is 14.6 Å². The minimum absolute atomic E-state index is 0.0178. The van der Waals surface area contributed by atoms with Crippen LogP contribution in [-0.4, -0.2) is 11.2 Å². The molecule has 5 heteroatoms. The van der Waals surface area contributed by atoms with E-state index in [1.807, 2.05) is 9.39 Å². The Morgan fingerprint density at radius 1 is 1.46 bits per heavy atom. The molecule has 0 aromatic heterocycles. The van der Waals surface area contributed by atoms with Crippen molar-refractivity contribution in [2.24, 2.45) is 0 Å². The lowest BCUT2D eigenvalue weighted by molar-refractivity contribution is 0.207. The lowest BCUT2D eigenvalue weighted by Gasteiger charge is -2.02. The summed E-state index contributed by atoms with van der Waals surface area (Å²) in [5.74, 6) is 0.442. The van der Waals surface area contributed by atoms with Gasteiger partial charge in [-0.15, -0.1) is 0 Å².